The zero-order chi connectivity index (χ0) is 14.0. The van der Waals surface area contributed by atoms with Crippen molar-refractivity contribution in [1.82, 2.24) is 4.90 Å². The number of benzene rings is 1. The fraction of sp³-hybridized carbons (Fsp3) is 0.462. The van der Waals surface area contributed by atoms with Crippen molar-refractivity contribution in [2.75, 3.05) is 19.7 Å². The number of hydrogen-bond donors (Lipinski definition) is 1. The Kier molecular flexibility index (Phi) is 5.05. The third kappa shape index (κ3) is 3.59. The molecule has 1 aliphatic rings. The molecule has 4 nitrogen and oxygen atoms in total. The maximum absolute atomic E-state index is 12.4. The molecule has 0 aromatic heterocycles. The Morgan fingerprint density at radius 1 is 1.58 bits per heavy atom. The molecule has 2 rings (SSSR count). The lowest BCUT2D eigenvalue weighted by molar-refractivity contribution is -0.0858. The lowest BCUT2D eigenvalue weighted by Crippen LogP contribution is -2.50. The van der Waals surface area contributed by atoms with E-state index >= 15 is 0 Å². The van der Waals surface area contributed by atoms with Crippen molar-refractivity contribution in [3.05, 3.63) is 32.4 Å². The number of rotatable bonds is 2. The molecule has 104 valence electrons. The van der Waals surface area contributed by atoms with Gasteiger partial charge in [-0.05, 0) is 47.7 Å². The van der Waals surface area contributed by atoms with Gasteiger partial charge in [-0.2, -0.15) is 0 Å². The van der Waals surface area contributed by atoms with Crippen molar-refractivity contribution < 1.29 is 14.6 Å². The Hall–Kier alpha value is -0.370. The number of carbonyl (C=O) groups excluding carboxylic acids is 1. The standard InChI is InChI=1S/C13H15ClINO3/c1-8-5-16(6-10(7-17)19-8)13(18)9-2-3-12(15)11(14)4-9/h2-4,8,10,17H,5-7H2,1H3. The first-order valence-electron chi connectivity index (χ1n) is 6.02. The van der Waals surface area contributed by atoms with Gasteiger partial charge in [0.25, 0.3) is 5.91 Å². The number of ether oxygens (including phenoxy) is 1. The predicted molar refractivity (Wildman–Crippen MR) is 81.5 cm³/mol. The van der Waals surface area contributed by atoms with E-state index in [4.69, 9.17) is 16.3 Å². The minimum Gasteiger partial charge on any atom is -0.394 e. The first-order chi connectivity index (χ1) is 9.01. The number of aliphatic hydroxyl groups excluding tert-OH is 1. The summed E-state index contributed by atoms with van der Waals surface area (Å²) in [5, 5.41) is 9.75. The van der Waals surface area contributed by atoms with Crippen LogP contribution in [0.2, 0.25) is 5.02 Å². The zero-order valence-corrected chi connectivity index (χ0v) is 13.4. The van der Waals surface area contributed by atoms with Crippen LogP contribution in [0, 0.1) is 3.57 Å². The van der Waals surface area contributed by atoms with E-state index in [1.807, 2.05) is 13.0 Å². The number of carbonyl (C=O) groups is 1. The van der Waals surface area contributed by atoms with Gasteiger partial charge in [0.1, 0.15) is 0 Å². The monoisotopic (exact) mass is 395 g/mol. The second-order valence-electron chi connectivity index (χ2n) is 4.59. The highest BCUT2D eigenvalue weighted by molar-refractivity contribution is 14.1. The summed E-state index contributed by atoms with van der Waals surface area (Å²) in [6.07, 6.45) is -0.388. The number of amides is 1. The first-order valence-corrected chi connectivity index (χ1v) is 7.47. The molecule has 1 fully saturated rings. The summed E-state index contributed by atoms with van der Waals surface area (Å²) in [4.78, 5) is 14.1. The molecule has 0 spiro atoms. The van der Waals surface area contributed by atoms with Gasteiger partial charge in [0.2, 0.25) is 0 Å². The van der Waals surface area contributed by atoms with Crippen LogP contribution >= 0.6 is 34.2 Å². The summed E-state index contributed by atoms with van der Waals surface area (Å²) in [5.74, 6) is -0.0769. The van der Waals surface area contributed by atoms with Gasteiger partial charge in [-0.1, -0.05) is 11.6 Å². The van der Waals surface area contributed by atoms with Crippen molar-refractivity contribution >= 4 is 40.1 Å². The van der Waals surface area contributed by atoms with E-state index in [2.05, 4.69) is 22.6 Å². The minimum atomic E-state index is -0.313. The highest BCUT2D eigenvalue weighted by Gasteiger charge is 2.28. The lowest BCUT2D eigenvalue weighted by atomic mass is 10.1. The third-order valence-electron chi connectivity index (χ3n) is 2.98. The summed E-state index contributed by atoms with van der Waals surface area (Å²) in [5.41, 5.74) is 0.566. The Morgan fingerprint density at radius 3 is 2.95 bits per heavy atom. The van der Waals surface area contributed by atoms with E-state index in [1.54, 1.807) is 17.0 Å². The van der Waals surface area contributed by atoms with E-state index in [9.17, 15) is 9.90 Å². The molecule has 1 aliphatic heterocycles. The summed E-state index contributed by atoms with van der Waals surface area (Å²) >= 11 is 8.16. The molecule has 1 aromatic carbocycles. The molecular weight excluding hydrogens is 381 g/mol. The Bertz CT molecular complexity index is 483. The van der Waals surface area contributed by atoms with Crippen LogP contribution in [-0.4, -0.2) is 47.8 Å². The predicted octanol–water partition coefficient (Wildman–Crippen LogP) is 2.17. The van der Waals surface area contributed by atoms with Crippen molar-refractivity contribution in [3.8, 4) is 0 Å². The summed E-state index contributed by atoms with van der Waals surface area (Å²) in [6, 6.07) is 5.27. The van der Waals surface area contributed by atoms with Crippen LogP contribution < -0.4 is 0 Å². The van der Waals surface area contributed by atoms with Crippen LogP contribution in [0.4, 0.5) is 0 Å². The zero-order valence-electron chi connectivity index (χ0n) is 10.5. The molecule has 19 heavy (non-hydrogen) atoms. The SMILES string of the molecule is CC1CN(C(=O)c2ccc(I)c(Cl)c2)CC(CO)O1. The number of nitrogens with zero attached hydrogens (tertiary/aromatic N) is 1. The summed E-state index contributed by atoms with van der Waals surface area (Å²) in [7, 11) is 0. The molecule has 2 unspecified atom stereocenters. The Labute approximate surface area is 130 Å². The molecule has 1 N–H and O–H groups in total. The smallest absolute Gasteiger partial charge is 0.254 e. The number of morpholine rings is 1. The molecule has 1 saturated heterocycles. The summed E-state index contributed by atoms with van der Waals surface area (Å²) in [6.45, 7) is 2.74. The van der Waals surface area contributed by atoms with Crippen molar-refractivity contribution in [2.45, 2.75) is 19.1 Å². The Morgan fingerprint density at radius 2 is 2.32 bits per heavy atom. The van der Waals surface area contributed by atoms with Gasteiger partial charge < -0.3 is 14.7 Å². The summed E-state index contributed by atoms with van der Waals surface area (Å²) < 4.78 is 6.44. The van der Waals surface area contributed by atoms with Crippen LogP contribution in [0.5, 0.6) is 0 Å². The minimum absolute atomic E-state index is 0.0748. The molecule has 0 bridgehead atoms. The number of aliphatic hydroxyl groups is 1. The molecular formula is C13H15ClINO3. The van der Waals surface area contributed by atoms with Gasteiger partial charge in [-0.15, -0.1) is 0 Å². The average Bonchev–Trinajstić information content (AvgIpc) is 2.40. The highest BCUT2D eigenvalue weighted by Crippen LogP contribution is 2.21. The van der Waals surface area contributed by atoms with Crippen molar-refractivity contribution in [3.63, 3.8) is 0 Å². The highest BCUT2D eigenvalue weighted by atomic mass is 127. The van der Waals surface area contributed by atoms with Crippen molar-refractivity contribution in [2.24, 2.45) is 0 Å². The quantitative estimate of drug-likeness (QED) is 0.781. The van der Waals surface area contributed by atoms with Crippen LogP contribution in [0.1, 0.15) is 17.3 Å². The molecule has 1 heterocycles. The third-order valence-corrected chi connectivity index (χ3v) is 4.56. The molecule has 1 amide bonds. The average molecular weight is 396 g/mol. The fourth-order valence-electron chi connectivity index (χ4n) is 2.12. The number of hydrogen-bond acceptors (Lipinski definition) is 3. The van der Waals surface area contributed by atoms with Gasteiger partial charge >= 0.3 is 0 Å². The molecule has 6 heteroatoms. The van der Waals surface area contributed by atoms with Crippen LogP contribution in [0.3, 0.4) is 0 Å². The van der Waals surface area contributed by atoms with Crippen molar-refractivity contribution in [1.29, 1.82) is 0 Å². The van der Waals surface area contributed by atoms with Crippen LogP contribution in [0.15, 0.2) is 18.2 Å². The molecule has 1 aromatic rings. The molecule has 0 aliphatic carbocycles. The van der Waals surface area contributed by atoms with Gasteiger partial charge in [0.15, 0.2) is 0 Å². The van der Waals surface area contributed by atoms with E-state index in [1.165, 1.54) is 0 Å². The van der Waals surface area contributed by atoms with Crippen LogP contribution in [-0.2, 0) is 4.74 Å². The van der Waals surface area contributed by atoms with E-state index < -0.39 is 0 Å². The Balaban J connectivity index is 2.16. The van der Waals surface area contributed by atoms with Gasteiger partial charge in [-0.25, -0.2) is 0 Å². The van der Waals surface area contributed by atoms with Gasteiger partial charge in [-0.3, -0.25) is 4.79 Å². The second kappa shape index (κ2) is 6.39. The number of halogens is 2. The molecule has 0 radical (unpaired) electrons. The molecule has 2 atom stereocenters. The van der Waals surface area contributed by atoms with E-state index in [0.717, 1.165) is 3.57 Å². The maximum atomic E-state index is 12.4. The van der Waals surface area contributed by atoms with Gasteiger partial charge in [0.05, 0.1) is 23.8 Å². The van der Waals surface area contributed by atoms with E-state index in [0.29, 0.717) is 23.7 Å². The van der Waals surface area contributed by atoms with Gasteiger partial charge in [0, 0.05) is 22.2 Å². The fourth-order valence-corrected chi connectivity index (χ4v) is 2.64. The van der Waals surface area contributed by atoms with Crippen LogP contribution in [0.25, 0.3) is 0 Å². The topological polar surface area (TPSA) is 49.8 Å². The molecule has 0 saturated carbocycles. The maximum Gasteiger partial charge on any atom is 0.254 e. The normalized spacial score (nSPS) is 23.5. The largest absolute Gasteiger partial charge is 0.394 e. The van der Waals surface area contributed by atoms with E-state index in [-0.39, 0.29) is 24.7 Å². The lowest BCUT2D eigenvalue weighted by Gasteiger charge is -2.36. The second-order valence-corrected chi connectivity index (χ2v) is 6.16. The first kappa shape index (κ1) is 15.0.